The van der Waals surface area contributed by atoms with Gasteiger partial charge in [0.25, 0.3) is 0 Å². The van der Waals surface area contributed by atoms with Crippen LogP contribution in [-0.4, -0.2) is 28.6 Å². The minimum Gasteiger partial charge on any atom is -0.459 e. The fourth-order valence-corrected chi connectivity index (χ4v) is 7.42. The molecule has 4 aliphatic carbocycles. The van der Waals surface area contributed by atoms with Crippen LogP contribution in [0.5, 0.6) is 0 Å². The molecule has 3 fully saturated rings. The van der Waals surface area contributed by atoms with Crippen molar-refractivity contribution in [3.8, 4) is 0 Å². The molecule has 4 rings (SSSR count). The predicted octanol–water partition coefficient (Wildman–Crippen LogP) is 4.20. The van der Waals surface area contributed by atoms with Crippen LogP contribution in [-0.2, 0) is 14.3 Å². The average molecular weight is 375 g/mol. The third-order valence-electron chi connectivity index (χ3n) is 8.36. The van der Waals surface area contributed by atoms with Crippen molar-refractivity contribution in [3.63, 3.8) is 0 Å². The second kappa shape index (κ2) is 6.72. The first kappa shape index (κ1) is 19.2. The van der Waals surface area contributed by atoms with Crippen LogP contribution in [0.4, 0.5) is 0 Å². The Morgan fingerprint density at radius 1 is 1.26 bits per heavy atom. The summed E-state index contributed by atoms with van der Waals surface area (Å²) in [4.78, 5) is 23.7. The third-order valence-corrected chi connectivity index (χ3v) is 8.36. The maximum Gasteiger partial charge on any atom is 0.303 e. The van der Waals surface area contributed by atoms with Gasteiger partial charge in [0.2, 0.25) is 0 Å². The zero-order chi connectivity index (χ0) is 19.4. The number of ketones is 1. The average Bonchev–Trinajstić information content (AvgIpc) is 2.82. The molecule has 150 valence electrons. The molecule has 0 aromatic rings. The molecule has 0 bridgehead atoms. The van der Waals surface area contributed by atoms with Crippen molar-refractivity contribution in [2.45, 2.75) is 90.3 Å². The lowest BCUT2D eigenvalue weighted by Crippen LogP contribution is -2.51. The molecule has 0 heterocycles. The Labute approximate surface area is 162 Å². The molecule has 1 N–H and O–H groups in total. The number of hydrogen-bond donors (Lipinski definition) is 1. The Kier molecular flexibility index (Phi) is 4.77. The maximum absolute atomic E-state index is 11.9. The summed E-state index contributed by atoms with van der Waals surface area (Å²) in [6, 6.07) is 0. The van der Waals surface area contributed by atoms with E-state index in [0.29, 0.717) is 42.3 Å². The Balaban J connectivity index is 1.65. The molecule has 27 heavy (non-hydrogen) atoms. The number of rotatable bonds is 3. The van der Waals surface area contributed by atoms with Gasteiger partial charge in [-0.15, -0.1) is 0 Å². The summed E-state index contributed by atoms with van der Waals surface area (Å²) < 4.78 is 5.81. The standard InChI is InChI=1S/C23H34O4/c1-4-10-23(26)13-20-19-7-5-15-12-16(25)6-8-17(15)18(19)9-11-22(20,3)21(23)27-14(2)24/h12,17-21,26H,4-11,13H2,1-3H3/t17?,18?,19?,20?,21-,22?,23+/m1/s1. The molecule has 0 amide bonds. The highest BCUT2D eigenvalue weighted by molar-refractivity contribution is 5.91. The smallest absolute Gasteiger partial charge is 0.303 e. The SMILES string of the molecule is CCC[C@]1(O)CC2C3CCC4=CC(=O)CCC4C3CCC2(C)[C@H]1OC(C)=O. The van der Waals surface area contributed by atoms with Crippen LogP contribution in [0.1, 0.15) is 78.6 Å². The molecular formula is C23H34O4. The summed E-state index contributed by atoms with van der Waals surface area (Å²) in [5.41, 5.74) is 0.352. The molecule has 0 aliphatic heterocycles. The monoisotopic (exact) mass is 374 g/mol. The van der Waals surface area contributed by atoms with Crippen LogP contribution in [0, 0.1) is 29.1 Å². The van der Waals surface area contributed by atoms with Gasteiger partial charge < -0.3 is 9.84 Å². The molecule has 0 aromatic carbocycles. The largest absolute Gasteiger partial charge is 0.459 e. The van der Waals surface area contributed by atoms with Crippen LogP contribution in [0.3, 0.4) is 0 Å². The van der Waals surface area contributed by atoms with Gasteiger partial charge in [0.15, 0.2) is 5.78 Å². The lowest BCUT2D eigenvalue weighted by Gasteiger charge is -2.53. The number of carbonyl (C=O) groups excluding carboxylic acids is 2. The number of aliphatic hydroxyl groups is 1. The fraction of sp³-hybridized carbons (Fsp3) is 0.826. The van der Waals surface area contributed by atoms with Crippen molar-refractivity contribution >= 4 is 11.8 Å². The molecule has 4 nitrogen and oxygen atoms in total. The Bertz CT molecular complexity index is 667. The summed E-state index contributed by atoms with van der Waals surface area (Å²) in [5, 5.41) is 11.5. The highest BCUT2D eigenvalue weighted by Crippen LogP contribution is 2.65. The second-order valence-electron chi connectivity index (χ2n) is 9.90. The lowest BCUT2D eigenvalue weighted by molar-refractivity contribution is -0.174. The number of allylic oxidation sites excluding steroid dienone is 1. The normalized spacial score (nSPS) is 46.1. The van der Waals surface area contributed by atoms with Crippen molar-refractivity contribution in [3.05, 3.63) is 11.6 Å². The van der Waals surface area contributed by atoms with E-state index in [2.05, 4.69) is 13.8 Å². The van der Waals surface area contributed by atoms with E-state index in [0.717, 1.165) is 44.9 Å². The zero-order valence-corrected chi connectivity index (χ0v) is 17.0. The van der Waals surface area contributed by atoms with E-state index in [9.17, 15) is 14.7 Å². The van der Waals surface area contributed by atoms with Crippen molar-refractivity contribution < 1.29 is 19.4 Å². The van der Waals surface area contributed by atoms with Gasteiger partial charge in [0.05, 0.1) is 0 Å². The molecule has 4 heteroatoms. The van der Waals surface area contributed by atoms with Gasteiger partial charge in [-0.05, 0) is 74.7 Å². The third kappa shape index (κ3) is 2.99. The van der Waals surface area contributed by atoms with Crippen LogP contribution in [0.15, 0.2) is 11.6 Å². The molecule has 0 spiro atoms. The highest BCUT2D eigenvalue weighted by atomic mass is 16.6. The van der Waals surface area contributed by atoms with Gasteiger partial charge in [0.1, 0.15) is 11.7 Å². The summed E-state index contributed by atoms with van der Waals surface area (Å²) in [5.74, 6) is 2.17. The molecule has 3 saturated carbocycles. The van der Waals surface area contributed by atoms with Gasteiger partial charge in [0, 0.05) is 18.8 Å². The highest BCUT2D eigenvalue weighted by Gasteiger charge is 2.65. The fourth-order valence-electron chi connectivity index (χ4n) is 7.42. The number of hydrogen-bond acceptors (Lipinski definition) is 4. The summed E-state index contributed by atoms with van der Waals surface area (Å²) in [6.07, 6.45) is 9.82. The minimum absolute atomic E-state index is 0.136. The minimum atomic E-state index is -0.895. The van der Waals surface area contributed by atoms with Gasteiger partial charge in [-0.25, -0.2) is 0 Å². The second-order valence-corrected chi connectivity index (χ2v) is 9.90. The first-order valence-electron chi connectivity index (χ1n) is 10.9. The van der Waals surface area contributed by atoms with Gasteiger partial charge in [-0.2, -0.15) is 0 Å². The van der Waals surface area contributed by atoms with Crippen molar-refractivity contribution in [1.29, 1.82) is 0 Å². The van der Waals surface area contributed by atoms with E-state index in [1.807, 2.05) is 6.08 Å². The first-order chi connectivity index (χ1) is 12.8. The zero-order valence-electron chi connectivity index (χ0n) is 17.0. The van der Waals surface area contributed by atoms with Crippen molar-refractivity contribution in [2.75, 3.05) is 0 Å². The van der Waals surface area contributed by atoms with Gasteiger partial charge >= 0.3 is 5.97 Å². The van der Waals surface area contributed by atoms with E-state index in [1.165, 1.54) is 12.5 Å². The number of ether oxygens (including phenoxy) is 1. The summed E-state index contributed by atoms with van der Waals surface area (Å²) in [7, 11) is 0. The van der Waals surface area contributed by atoms with Crippen LogP contribution in [0.2, 0.25) is 0 Å². The maximum atomic E-state index is 11.9. The van der Waals surface area contributed by atoms with E-state index < -0.39 is 11.7 Å². The molecule has 7 atom stereocenters. The van der Waals surface area contributed by atoms with Crippen molar-refractivity contribution in [1.82, 2.24) is 0 Å². The summed E-state index contributed by atoms with van der Waals surface area (Å²) in [6.45, 7) is 5.81. The van der Waals surface area contributed by atoms with Gasteiger partial charge in [-0.1, -0.05) is 25.8 Å². The molecule has 5 unspecified atom stereocenters. The van der Waals surface area contributed by atoms with Crippen LogP contribution >= 0.6 is 0 Å². The Hall–Kier alpha value is -1.16. The summed E-state index contributed by atoms with van der Waals surface area (Å²) >= 11 is 0. The van der Waals surface area contributed by atoms with E-state index >= 15 is 0 Å². The number of esters is 1. The van der Waals surface area contributed by atoms with E-state index in [1.54, 1.807) is 0 Å². The van der Waals surface area contributed by atoms with Gasteiger partial charge in [-0.3, -0.25) is 9.59 Å². The first-order valence-corrected chi connectivity index (χ1v) is 10.9. The Morgan fingerprint density at radius 3 is 2.74 bits per heavy atom. The van der Waals surface area contributed by atoms with Crippen LogP contribution < -0.4 is 0 Å². The molecule has 0 radical (unpaired) electrons. The predicted molar refractivity (Wildman–Crippen MR) is 103 cm³/mol. The van der Waals surface area contributed by atoms with E-state index in [4.69, 9.17) is 4.74 Å². The number of fused-ring (bicyclic) bond motifs is 5. The lowest BCUT2D eigenvalue weighted by atomic mass is 9.52. The molecule has 0 aromatic heterocycles. The Morgan fingerprint density at radius 2 is 2.04 bits per heavy atom. The molecular weight excluding hydrogens is 340 g/mol. The van der Waals surface area contributed by atoms with E-state index in [-0.39, 0.29) is 11.4 Å². The number of carbonyl (C=O) groups is 2. The molecule has 4 aliphatic rings. The van der Waals surface area contributed by atoms with Crippen LogP contribution in [0.25, 0.3) is 0 Å². The van der Waals surface area contributed by atoms with Crippen molar-refractivity contribution in [2.24, 2.45) is 29.1 Å². The topological polar surface area (TPSA) is 63.6 Å². The molecule has 0 saturated heterocycles. The quantitative estimate of drug-likeness (QED) is 0.752.